The van der Waals surface area contributed by atoms with E-state index < -0.39 is 0 Å². The maximum atomic E-state index is 5.80. The third-order valence-electron chi connectivity index (χ3n) is 2.43. The molecule has 0 fully saturated rings. The molecule has 0 radical (unpaired) electrons. The number of benzene rings is 2. The number of anilines is 2. The Labute approximate surface area is 94.6 Å². The Morgan fingerprint density at radius 1 is 0.938 bits per heavy atom. The van der Waals surface area contributed by atoms with Crippen LogP contribution >= 0.6 is 0 Å². The van der Waals surface area contributed by atoms with E-state index in [2.05, 4.69) is 0 Å². The molecule has 2 aromatic carbocycles. The number of rotatable bonds is 2. The summed E-state index contributed by atoms with van der Waals surface area (Å²) in [5.74, 6) is 1.52. The van der Waals surface area contributed by atoms with Gasteiger partial charge in [-0.15, -0.1) is 0 Å². The smallest absolute Gasteiger partial charge is 0.132 e. The topological polar surface area (TPSA) is 61.3 Å². The molecule has 3 heteroatoms. The molecule has 0 aliphatic rings. The van der Waals surface area contributed by atoms with Gasteiger partial charge in [0.05, 0.1) is 0 Å². The van der Waals surface area contributed by atoms with Crippen LogP contribution < -0.4 is 16.2 Å². The minimum absolute atomic E-state index is 0.719. The number of ether oxygens (including phenoxy) is 1. The fourth-order valence-electron chi connectivity index (χ4n) is 1.40. The normalized spacial score (nSPS) is 10.1. The lowest BCUT2D eigenvalue weighted by Gasteiger charge is -2.10. The van der Waals surface area contributed by atoms with Crippen molar-refractivity contribution in [2.24, 2.45) is 0 Å². The number of hydrogen-bond acceptors (Lipinski definition) is 3. The minimum atomic E-state index is 0.719. The van der Waals surface area contributed by atoms with E-state index in [-0.39, 0.29) is 0 Å². The summed E-state index contributed by atoms with van der Waals surface area (Å²) in [5.41, 5.74) is 13.8. The quantitative estimate of drug-likeness (QED) is 0.755. The maximum Gasteiger partial charge on any atom is 0.132 e. The van der Waals surface area contributed by atoms with Crippen molar-refractivity contribution in [1.82, 2.24) is 0 Å². The van der Waals surface area contributed by atoms with E-state index >= 15 is 0 Å². The molecule has 0 aromatic heterocycles. The molecule has 0 heterocycles. The van der Waals surface area contributed by atoms with Crippen LogP contribution in [0.2, 0.25) is 0 Å². The van der Waals surface area contributed by atoms with Crippen LogP contribution in [0.1, 0.15) is 5.56 Å². The fourth-order valence-corrected chi connectivity index (χ4v) is 1.40. The van der Waals surface area contributed by atoms with Crippen LogP contribution in [0, 0.1) is 6.92 Å². The van der Waals surface area contributed by atoms with Gasteiger partial charge in [0.2, 0.25) is 0 Å². The molecule has 3 nitrogen and oxygen atoms in total. The van der Waals surface area contributed by atoms with Gasteiger partial charge in [0.15, 0.2) is 0 Å². The first-order valence-electron chi connectivity index (χ1n) is 5.05. The van der Waals surface area contributed by atoms with Gasteiger partial charge in [0, 0.05) is 16.9 Å². The molecule has 0 aliphatic heterocycles. The molecule has 0 atom stereocenters. The van der Waals surface area contributed by atoms with E-state index in [1.54, 1.807) is 12.1 Å². The third kappa shape index (κ3) is 2.08. The van der Waals surface area contributed by atoms with Crippen LogP contribution in [-0.4, -0.2) is 0 Å². The molecule has 4 N–H and O–H groups in total. The van der Waals surface area contributed by atoms with Crippen LogP contribution in [0.4, 0.5) is 11.4 Å². The van der Waals surface area contributed by atoms with Crippen LogP contribution in [0.15, 0.2) is 42.5 Å². The van der Waals surface area contributed by atoms with Gasteiger partial charge < -0.3 is 16.2 Å². The molecule has 0 aliphatic carbocycles. The lowest BCUT2D eigenvalue weighted by atomic mass is 10.2. The lowest BCUT2D eigenvalue weighted by Crippen LogP contribution is -1.93. The number of nitrogen functional groups attached to an aromatic ring is 2. The van der Waals surface area contributed by atoms with Gasteiger partial charge in [-0.05, 0) is 43.3 Å². The molecule has 0 saturated carbocycles. The SMILES string of the molecule is Cc1c(N)cccc1Oc1ccc(N)cc1. The first-order chi connectivity index (χ1) is 7.66. The molecule has 2 aromatic rings. The molecule has 0 spiro atoms. The Morgan fingerprint density at radius 2 is 1.62 bits per heavy atom. The molecule has 0 amide bonds. The molecular formula is C13H14N2O. The van der Waals surface area contributed by atoms with Crippen molar-refractivity contribution in [2.45, 2.75) is 6.92 Å². The van der Waals surface area contributed by atoms with Gasteiger partial charge in [-0.25, -0.2) is 0 Å². The van der Waals surface area contributed by atoms with Crippen LogP contribution in [0.3, 0.4) is 0 Å². The fraction of sp³-hybridized carbons (Fsp3) is 0.0769. The van der Waals surface area contributed by atoms with Crippen molar-refractivity contribution in [1.29, 1.82) is 0 Å². The summed E-state index contributed by atoms with van der Waals surface area (Å²) in [7, 11) is 0. The molecule has 0 saturated heterocycles. The van der Waals surface area contributed by atoms with Gasteiger partial charge in [-0.2, -0.15) is 0 Å². The average molecular weight is 214 g/mol. The summed E-state index contributed by atoms with van der Waals surface area (Å²) in [6.45, 7) is 1.93. The molecule has 2 rings (SSSR count). The van der Waals surface area contributed by atoms with Gasteiger partial charge in [0.25, 0.3) is 0 Å². The molecule has 0 unspecified atom stereocenters. The van der Waals surface area contributed by atoms with E-state index in [0.29, 0.717) is 0 Å². The first kappa shape index (κ1) is 10.4. The molecule has 82 valence electrons. The van der Waals surface area contributed by atoms with Crippen molar-refractivity contribution in [3.8, 4) is 11.5 Å². The minimum Gasteiger partial charge on any atom is -0.457 e. The van der Waals surface area contributed by atoms with E-state index in [1.807, 2.05) is 37.3 Å². The van der Waals surface area contributed by atoms with Crippen LogP contribution in [0.25, 0.3) is 0 Å². The van der Waals surface area contributed by atoms with Gasteiger partial charge in [0.1, 0.15) is 11.5 Å². The second-order valence-corrected chi connectivity index (χ2v) is 3.64. The summed E-state index contributed by atoms with van der Waals surface area (Å²) in [4.78, 5) is 0. The van der Waals surface area contributed by atoms with Gasteiger partial charge in [-0.1, -0.05) is 6.07 Å². The van der Waals surface area contributed by atoms with Crippen molar-refractivity contribution >= 4 is 11.4 Å². The predicted molar refractivity (Wildman–Crippen MR) is 66.5 cm³/mol. The highest BCUT2D eigenvalue weighted by Gasteiger charge is 2.03. The number of nitrogens with two attached hydrogens (primary N) is 2. The Morgan fingerprint density at radius 3 is 2.31 bits per heavy atom. The molecular weight excluding hydrogens is 200 g/mol. The van der Waals surface area contributed by atoms with E-state index in [9.17, 15) is 0 Å². The van der Waals surface area contributed by atoms with Crippen molar-refractivity contribution in [3.63, 3.8) is 0 Å². The second-order valence-electron chi connectivity index (χ2n) is 3.64. The Kier molecular flexibility index (Phi) is 2.68. The van der Waals surface area contributed by atoms with Crippen LogP contribution in [-0.2, 0) is 0 Å². The Hall–Kier alpha value is -2.16. The molecule has 16 heavy (non-hydrogen) atoms. The summed E-state index contributed by atoms with van der Waals surface area (Å²) < 4.78 is 5.71. The zero-order chi connectivity index (χ0) is 11.5. The monoisotopic (exact) mass is 214 g/mol. The van der Waals surface area contributed by atoms with Crippen molar-refractivity contribution < 1.29 is 4.74 Å². The van der Waals surface area contributed by atoms with E-state index in [4.69, 9.17) is 16.2 Å². The lowest BCUT2D eigenvalue weighted by molar-refractivity contribution is 0.479. The van der Waals surface area contributed by atoms with Crippen LogP contribution in [0.5, 0.6) is 11.5 Å². The standard InChI is InChI=1S/C13H14N2O/c1-9-12(15)3-2-4-13(9)16-11-7-5-10(14)6-8-11/h2-8H,14-15H2,1H3. The van der Waals surface area contributed by atoms with Gasteiger partial charge in [-0.3, -0.25) is 0 Å². The zero-order valence-corrected chi connectivity index (χ0v) is 9.10. The van der Waals surface area contributed by atoms with Crippen molar-refractivity contribution in [2.75, 3.05) is 11.5 Å². The summed E-state index contributed by atoms with van der Waals surface area (Å²) in [6, 6.07) is 12.9. The summed E-state index contributed by atoms with van der Waals surface area (Å²) in [5, 5.41) is 0. The largest absolute Gasteiger partial charge is 0.457 e. The molecule has 0 bridgehead atoms. The number of hydrogen-bond donors (Lipinski definition) is 2. The van der Waals surface area contributed by atoms with Gasteiger partial charge >= 0.3 is 0 Å². The second kappa shape index (κ2) is 4.14. The average Bonchev–Trinajstić information content (AvgIpc) is 2.28. The highest BCUT2D eigenvalue weighted by Crippen LogP contribution is 2.28. The summed E-state index contributed by atoms with van der Waals surface area (Å²) >= 11 is 0. The highest BCUT2D eigenvalue weighted by molar-refractivity contribution is 5.54. The van der Waals surface area contributed by atoms with Crippen molar-refractivity contribution in [3.05, 3.63) is 48.0 Å². The maximum absolute atomic E-state index is 5.80. The third-order valence-corrected chi connectivity index (χ3v) is 2.43. The van der Waals surface area contributed by atoms with E-state index in [1.165, 1.54) is 0 Å². The zero-order valence-electron chi connectivity index (χ0n) is 9.10. The summed E-state index contributed by atoms with van der Waals surface area (Å²) in [6.07, 6.45) is 0. The Bertz CT molecular complexity index is 492. The predicted octanol–water partition coefficient (Wildman–Crippen LogP) is 2.95. The van der Waals surface area contributed by atoms with E-state index in [0.717, 1.165) is 28.4 Å². The highest BCUT2D eigenvalue weighted by atomic mass is 16.5. The first-order valence-corrected chi connectivity index (χ1v) is 5.05. The Balaban J connectivity index is 2.27.